The highest BCUT2D eigenvalue weighted by atomic mass is 79.9. The Kier molecular flexibility index (Phi) is 3.58. The van der Waals surface area contributed by atoms with E-state index in [9.17, 15) is 13.2 Å². The van der Waals surface area contributed by atoms with Crippen molar-refractivity contribution in [2.24, 2.45) is 0 Å². The van der Waals surface area contributed by atoms with Crippen LogP contribution >= 0.6 is 15.9 Å². The lowest BCUT2D eigenvalue weighted by molar-refractivity contribution is 0.0696. The molecule has 100 valence electrons. The zero-order valence-corrected chi connectivity index (χ0v) is 11.7. The van der Waals surface area contributed by atoms with Crippen LogP contribution in [-0.4, -0.2) is 29.5 Å². The highest BCUT2D eigenvalue weighted by molar-refractivity contribution is 9.10. The second-order valence-corrected chi connectivity index (χ2v) is 6.00. The Labute approximate surface area is 116 Å². The van der Waals surface area contributed by atoms with E-state index in [1.807, 2.05) is 0 Å². The Balaban J connectivity index is 2.45. The molecule has 1 aromatic heterocycles. The van der Waals surface area contributed by atoms with Gasteiger partial charge in [-0.2, -0.15) is 0 Å². The topological polar surface area (TPSA) is 112 Å². The fourth-order valence-corrected chi connectivity index (χ4v) is 3.31. The fourth-order valence-electron chi connectivity index (χ4n) is 1.35. The van der Waals surface area contributed by atoms with E-state index in [0.717, 1.165) is 6.07 Å². The van der Waals surface area contributed by atoms with E-state index >= 15 is 0 Å². The van der Waals surface area contributed by atoms with Crippen molar-refractivity contribution in [3.63, 3.8) is 0 Å². The minimum Gasteiger partial charge on any atom is -0.478 e. The van der Waals surface area contributed by atoms with E-state index in [4.69, 9.17) is 5.11 Å². The van der Waals surface area contributed by atoms with Gasteiger partial charge >= 0.3 is 5.97 Å². The van der Waals surface area contributed by atoms with Crippen molar-refractivity contribution >= 4 is 37.9 Å². The number of aromatic amines is 1. The van der Waals surface area contributed by atoms with Gasteiger partial charge in [-0.15, -0.1) is 0 Å². The van der Waals surface area contributed by atoms with Crippen LogP contribution in [0.3, 0.4) is 0 Å². The summed E-state index contributed by atoms with van der Waals surface area (Å²) in [7, 11) is -3.92. The molecule has 7 nitrogen and oxygen atoms in total. The van der Waals surface area contributed by atoms with Gasteiger partial charge in [0.25, 0.3) is 10.0 Å². The van der Waals surface area contributed by atoms with Crippen LogP contribution < -0.4 is 4.72 Å². The molecule has 0 saturated heterocycles. The summed E-state index contributed by atoms with van der Waals surface area (Å²) in [6.07, 6.45) is 2.85. The van der Waals surface area contributed by atoms with E-state index in [0.29, 0.717) is 0 Å². The molecule has 0 fully saturated rings. The molecule has 0 radical (unpaired) electrons. The number of hydrogen-bond acceptors (Lipinski definition) is 4. The van der Waals surface area contributed by atoms with Crippen LogP contribution in [0.1, 0.15) is 10.4 Å². The predicted octanol–water partition coefficient (Wildman–Crippen LogP) is 1.67. The number of halogens is 1. The van der Waals surface area contributed by atoms with E-state index in [-0.39, 0.29) is 20.9 Å². The van der Waals surface area contributed by atoms with E-state index in [1.165, 1.54) is 24.5 Å². The number of imidazole rings is 1. The maximum atomic E-state index is 12.1. The van der Waals surface area contributed by atoms with Gasteiger partial charge < -0.3 is 10.1 Å². The van der Waals surface area contributed by atoms with Crippen LogP contribution in [0.4, 0.5) is 5.95 Å². The number of hydrogen-bond donors (Lipinski definition) is 3. The number of rotatable bonds is 4. The summed E-state index contributed by atoms with van der Waals surface area (Å²) in [5, 5.41) is 8.87. The normalized spacial score (nSPS) is 11.2. The average molecular weight is 346 g/mol. The lowest BCUT2D eigenvalue weighted by Crippen LogP contribution is -2.15. The number of benzene rings is 1. The molecule has 1 aromatic carbocycles. The van der Waals surface area contributed by atoms with Crippen LogP contribution in [-0.2, 0) is 10.0 Å². The van der Waals surface area contributed by atoms with Crippen LogP contribution in [0.2, 0.25) is 0 Å². The van der Waals surface area contributed by atoms with Gasteiger partial charge in [-0.05, 0) is 34.1 Å². The van der Waals surface area contributed by atoms with Crippen LogP contribution in [0, 0.1) is 0 Å². The molecule has 0 atom stereocenters. The molecule has 0 aliphatic rings. The summed E-state index contributed by atoms with van der Waals surface area (Å²) in [6.45, 7) is 0. The number of H-pyrrole nitrogens is 1. The Morgan fingerprint density at radius 3 is 2.74 bits per heavy atom. The standard InChI is InChI=1S/C10H8BrN3O4S/c11-7-2-1-6(9(15)16)5-8(7)19(17,18)14-10-12-3-4-13-10/h1-5H,(H,15,16)(H2,12,13,14). The number of sulfonamides is 1. The lowest BCUT2D eigenvalue weighted by Gasteiger charge is -2.08. The number of carboxylic acids is 1. The Morgan fingerprint density at radius 1 is 1.42 bits per heavy atom. The first kappa shape index (κ1) is 13.6. The predicted molar refractivity (Wildman–Crippen MR) is 70.5 cm³/mol. The zero-order valence-electron chi connectivity index (χ0n) is 9.29. The van der Waals surface area contributed by atoms with Crippen LogP contribution in [0.25, 0.3) is 0 Å². The smallest absolute Gasteiger partial charge is 0.335 e. The highest BCUT2D eigenvalue weighted by Gasteiger charge is 2.20. The Morgan fingerprint density at radius 2 is 2.16 bits per heavy atom. The summed E-state index contributed by atoms with van der Waals surface area (Å²) in [6, 6.07) is 3.73. The molecular formula is C10H8BrN3O4S. The largest absolute Gasteiger partial charge is 0.478 e. The maximum Gasteiger partial charge on any atom is 0.335 e. The molecule has 0 saturated carbocycles. The molecular weight excluding hydrogens is 338 g/mol. The van der Waals surface area contributed by atoms with Crippen molar-refractivity contribution in [2.45, 2.75) is 4.90 Å². The van der Waals surface area contributed by atoms with Gasteiger partial charge in [-0.1, -0.05) is 0 Å². The van der Waals surface area contributed by atoms with E-state index in [2.05, 4.69) is 30.6 Å². The third kappa shape index (κ3) is 2.93. The van der Waals surface area contributed by atoms with Crippen molar-refractivity contribution in [3.8, 4) is 0 Å². The summed E-state index contributed by atoms with van der Waals surface area (Å²) >= 11 is 3.08. The Bertz CT molecular complexity index is 712. The first-order valence-corrected chi connectivity index (χ1v) is 7.23. The van der Waals surface area contributed by atoms with Gasteiger partial charge in [0.05, 0.1) is 5.56 Å². The molecule has 0 unspecified atom stereocenters. The molecule has 0 bridgehead atoms. The molecule has 1 heterocycles. The van der Waals surface area contributed by atoms with Gasteiger partial charge in [0.15, 0.2) is 0 Å². The van der Waals surface area contributed by atoms with Gasteiger partial charge in [0, 0.05) is 16.9 Å². The summed E-state index contributed by atoms with van der Waals surface area (Å²) in [4.78, 5) is 17.0. The van der Waals surface area contributed by atoms with Crippen molar-refractivity contribution < 1.29 is 18.3 Å². The second-order valence-electron chi connectivity index (χ2n) is 3.49. The van der Waals surface area contributed by atoms with Gasteiger partial charge in [0.2, 0.25) is 5.95 Å². The van der Waals surface area contributed by atoms with Gasteiger partial charge in [0.1, 0.15) is 4.90 Å². The molecule has 0 amide bonds. The number of nitrogens with one attached hydrogen (secondary N) is 2. The molecule has 0 spiro atoms. The molecule has 2 aromatic rings. The summed E-state index contributed by atoms with van der Waals surface area (Å²) in [5.41, 5.74) is -0.122. The number of anilines is 1. The number of carbonyl (C=O) groups is 1. The van der Waals surface area contributed by atoms with Crippen molar-refractivity contribution in [3.05, 3.63) is 40.6 Å². The molecule has 0 aliphatic heterocycles. The quantitative estimate of drug-likeness (QED) is 0.780. The minimum atomic E-state index is -3.92. The van der Waals surface area contributed by atoms with Gasteiger partial charge in [-0.25, -0.2) is 22.9 Å². The number of nitrogens with zero attached hydrogens (tertiary/aromatic N) is 1. The van der Waals surface area contributed by atoms with Crippen LogP contribution in [0.15, 0.2) is 40.0 Å². The maximum absolute atomic E-state index is 12.1. The Hall–Kier alpha value is -1.87. The number of aromatic nitrogens is 2. The van der Waals surface area contributed by atoms with Crippen molar-refractivity contribution in [2.75, 3.05) is 4.72 Å². The average Bonchev–Trinajstić information content (AvgIpc) is 2.81. The third-order valence-corrected chi connectivity index (χ3v) is 4.53. The minimum absolute atomic E-state index is 0.0487. The lowest BCUT2D eigenvalue weighted by atomic mass is 10.2. The van der Waals surface area contributed by atoms with Gasteiger partial charge in [-0.3, -0.25) is 0 Å². The molecule has 0 aliphatic carbocycles. The molecule has 19 heavy (non-hydrogen) atoms. The van der Waals surface area contributed by atoms with Crippen molar-refractivity contribution in [1.29, 1.82) is 0 Å². The van der Waals surface area contributed by atoms with E-state index < -0.39 is 16.0 Å². The SMILES string of the molecule is O=C(O)c1ccc(Br)c(S(=O)(=O)Nc2ncc[nH]2)c1. The number of carboxylic acid groups (broad SMARTS) is 1. The van der Waals surface area contributed by atoms with Crippen molar-refractivity contribution in [1.82, 2.24) is 9.97 Å². The molecule has 9 heteroatoms. The highest BCUT2D eigenvalue weighted by Crippen LogP contribution is 2.24. The number of aromatic carboxylic acids is 1. The molecule has 2 rings (SSSR count). The summed E-state index contributed by atoms with van der Waals surface area (Å²) in [5.74, 6) is -1.16. The third-order valence-electron chi connectivity index (χ3n) is 2.20. The zero-order chi connectivity index (χ0) is 14.0. The first-order chi connectivity index (χ1) is 8.90. The first-order valence-electron chi connectivity index (χ1n) is 4.95. The van der Waals surface area contributed by atoms with Crippen LogP contribution in [0.5, 0.6) is 0 Å². The molecule has 3 N–H and O–H groups in total. The monoisotopic (exact) mass is 345 g/mol. The fraction of sp³-hybridized carbons (Fsp3) is 0. The summed E-state index contributed by atoms with van der Waals surface area (Å²) < 4.78 is 26.7. The van der Waals surface area contributed by atoms with E-state index in [1.54, 1.807) is 0 Å². The second kappa shape index (κ2) is 5.02.